The van der Waals surface area contributed by atoms with Gasteiger partial charge in [0, 0.05) is 29.6 Å². The molecule has 1 aliphatic rings. The van der Waals surface area contributed by atoms with Crippen molar-refractivity contribution >= 4 is 17.5 Å². The van der Waals surface area contributed by atoms with Gasteiger partial charge in [0.25, 0.3) is 11.8 Å². The zero-order valence-corrected chi connectivity index (χ0v) is 20.3. The van der Waals surface area contributed by atoms with Gasteiger partial charge in [-0.05, 0) is 66.9 Å². The highest BCUT2D eigenvalue weighted by atomic mass is 16.5. The Kier molecular flexibility index (Phi) is 6.50. The van der Waals surface area contributed by atoms with E-state index in [1.807, 2.05) is 86.6 Å². The predicted octanol–water partition coefficient (Wildman–Crippen LogP) is 5.33. The quantitative estimate of drug-likeness (QED) is 0.422. The molecule has 0 atom stereocenters. The summed E-state index contributed by atoms with van der Waals surface area (Å²) < 4.78 is 5.72. The topological polar surface area (TPSA) is 71.5 Å². The van der Waals surface area contributed by atoms with Gasteiger partial charge in [-0.3, -0.25) is 14.6 Å². The molecule has 0 unspecified atom stereocenters. The van der Waals surface area contributed by atoms with E-state index in [0.29, 0.717) is 36.6 Å². The molecule has 6 heteroatoms. The van der Waals surface area contributed by atoms with E-state index >= 15 is 0 Å². The zero-order chi connectivity index (χ0) is 25.1. The van der Waals surface area contributed by atoms with E-state index in [9.17, 15) is 9.59 Å². The normalized spacial score (nSPS) is 12.4. The number of carbonyl (C=O) groups is 2. The van der Waals surface area contributed by atoms with Crippen LogP contribution in [0.5, 0.6) is 5.75 Å². The number of aryl methyl sites for hydroxylation is 2. The van der Waals surface area contributed by atoms with Crippen LogP contribution in [0.1, 0.15) is 37.5 Å². The van der Waals surface area contributed by atoms with Crippen LogP contribution in [-0.4, -0.2) is 29.9 Å². The Balaban J connectivity index is 1.49. The predicted molar refractivity (Wildman–Crippen MR) is 140 cm³/mol. The number of benzene rings is 3. The van der Waals surface area contributed by atoms with Crippen molar-refractivity contribution in [1.29, 1.82) is 0 Å². The number of fused-ring (bicyclic) bond motifs is 1. The molecule has 0 saturated carbocycles. The van der Waals surface area contributed by atoms with E-state index in [2.05, 4.69) is 10.3 Å². The van der Waals surface area contributed by atoms with E-state index < -0.39 is 0 Å². The Hall–Kier alpha value is -4.45. The van der Waals surface area contributed by atoms with Gasteiger partial charge in [0.05, 0.1) is 12.2 Å². The van der Waals surface area contributed by atoms with Crippen LogP contribution in [0.25, 0.3) is 11.1 Å². The summed E-state index contributed by atoms with van der Waals surface area (Å²) in [6, 6.07) is 24.8. The van der Waals surface area contributed by atoms with E-state index in [0.717, 1.165) is 33.6 Å². The maximum absolute atomic E-state index is 13.7. The zero-order valence-electron chi connectivity index (χ0n) is 20.3. The third kappa shape index (κ3) is 4.98. The maximum atomic E-state index is 13.7. The van der Waals surface area contributed by atoms with Gasteiger partial charge in [-0.2, -0.15) is 0 Å². The molecule has 1 aromatic heterocycles. The van der Waals surface area contributed by atoms with Crippen molar-refractivity contribution in [2.24, 2.45) is 0 Å². The fourth-order valence-corrected chi connectivity index (χ4v) is 4.22. The molecule has 2 amide bonds. The lowest BCUT2D eigenvalue weighted by molar-refractivity contribution is 0.0951. The molecule has 0 saturated heterocycles. The smallest absolute Gasteiger partial charge is 0.258 e. The van der Waals surface area contributed by atoms with Crippen molar-refractivity contribution < 1.29 is 14.3 Å². The van der Waals surface area contributed by atoms with Crippen LogP contribution in [0.2, 0.25) is 0 Å². The van der Waals surface area contributed by atoms with Crippen molar-refractivity contribution in [3.63, 3.8) is 0 Å². The number of amides is 2. The number of nitrogens with one attached hydrogen (secondary N) is 1. The first-order valence-electron chi connectivity index (χ1n) is 11.9. The first kappa shape index (κ1) is 23.3. The maximum Gasteiger partial charge on any atom is 0.258 e. The molecule has 0 spiro atoms. The first-order chi connectivity index (χ1) is 17.5. The van der Waals surface area contributed by atoms with Crippen molar-refractivity contribution in [3.05, 3.63) is 113 Å². The monoisotopic (exact) mass is 477 g/mol. The first-order valence-corrected chi connectivity index (χ1v) is 11.9. The molecule has 0 radical (unpaired) electrons. The molecule has 1 aliphatic heterocycles. The van der Waals surface area contributed by atoms with Crippen LogP contribution >= 0.6 is 0 Å². The Morgan fingerprint density at radius 3 is 2.47 bits per heavy atom. The summed E-state index contributed by atoms with van der Waals surface area (Å²) in [7, 11) is 0. The molecule has 1 N–H and O–H groups in total. The minimum atomic E-state index is -0.249. The van der Waals surface area contributed by atoms with Crippen LogP contribution < -0.4 is 15.0 Å². The number of pyridine rings is 1. The van der Waals surface area contributed by atoms with Crippen molar-refractivity contribution in [2.45, 2.75) is 20.4 Å². The van der Waals surface area contributed by atoms with E-state index in [1.54, 1.807) is 17.2 Å². The fraction of sp³-hybridized carbons (Fsp3) is 0.167. The number of para-hydroxylation sites is 2. The summed E-state index contributed by atoms with van der Waals surface area (Å²) in [4.78, 5) is 32.9. The highest BCUT2D eigenvalue weighted by Gasteiger charge is 2.25. The average Bonchev–Trinajstić information content (AvgIpc) is 2.92. The largest absolute Gasteiger partial charge is 0.490 e. The molecular weight excluding hydrogens is 450 g/mol. The van der Waals surface area contributed by atoms with E-state index in [-0.39, 0.29) is 11.8 Å². The summed E-state index contributed by atoms with van der Waals surface area (Å²) in [6.07, 6.45) is 1.75. The fourth-order valence-electron chi connectivity index (χ4n) is 4.22. The Morgan fingerprint density at radius 1 is 0.917 bits per heavy atom. The van der Waals surface area contributed by atoms with Gasteiger partial charge in [0.2, 0.25) is 0 Å². The number of hydrogen-bond acceptors (Lipinski definition) is 4. The third-order valence-corrected chi connectivity index (χ3v) is 6.23. The van der Waals surface area contributed by atoms with E-state index in [4.69, 9.17) is 4.74 Å². The summed E-state index contributed by atoms with van der Waals surface area (Å²) in [5.41, 5.74) is 6.32. The molecule has 3 aromatic carbocycles. The van der Waals surface area contributed by atoms with Gasteiger partial charge in [0.15, 0.2) is 0 Å². The average molecular weight is 478 g/mol. The van der Waals surface area contributed by atoms with Gasteiger partial charge in [0.1, 0.15) is 12.4 Å². The number of nitrogens with zero attached hydrogens (tertiary/aromatic N) is 2. The highest BCUT2D eigenvalue weighted by molar-refractivity contribution is 6.09. The van der Waals surface area contributed by atoms with Crippen molar-refractivity contribution in [3.8, 4) is 16.9 Å². The molecule has 36 heavy (non-hydrogen) atoms. The summed E-state index contributed by atoms with van der Waals surface area (Å²) in [5, 5.41) is 2.96. The number of hydrogen-bond donors (Lipinski definition) is 1. The SMILES string of the molecule is Cc1ccc(-c2cc(C(=O)NCc3ccc(C)nc3)cc(C(=O)N3CCOc4ccccc43)c2)cc1. The van der Waals surface area contributed by atoms with Gasteiger partial charge in [-0.15, -0.1) is 0 Å². The number of anilines is 1. The number of aromatic nitrogens is 1. The Bertz CT molecular complexity index is 1410. The lowest BCUT2D eigenvalue weighted by Gasteiger charge is -2.29. The van der Waals surface area contributed by atoms with Crippen LogP contribution in [0.15, 0.2) is 85.1 Å². The van der Waals surface area contributed by atoms with Crippen molar-refractivity contribution in [1.82, 2.24) is 10.3 Å². The second-order valence-corrected chi connectivity index (χ2v) is 8.93. The molecule has 0 fully saturated rings. The molecule has 5 rings (SSSR count). The van der Waals surface area contributed by atoms with Crippen LogP contribution in [0.3, 0.4) is 0 Å². The number of rotatable bonds is 5. The molecule has 0 aliphatic carbocycles. The summed E-state index contributed by atoms with van der Waals surface area (Å²) in [5.74, 6) is 0.258. The number of carbonyl (C=O) groups excluding carboxylic acids is 2. The minimum Gasteiger partial charge on any atom is -0.490 e. The van der Waals surface area contributed by atoms with Crippen LogP contribution in [0.4, 0.5) is 5.69 Å². The molecular formula is C30H27N3O3. The van der Waals surface area contributed by atoms with Gasteiger partial charge in [-0.1, -0.05) is 48.0 Å². The van der Waals surface area contributed by atoms with Crippen LogP contribution in [-0.2, 0) is 6.54 Å². The summed E-state index contributed by atoms with van der Waals surface area (Å²) >= 11 is 0. The lowest BCUT2D eigenvalue weighted by atomic mass is 9.97. The number of ether oxygens (including phenoxy) is 1. The lowest BCUT2D eigenvalue weighted by Crippen LogP contribution is -2.38. The molecule has 4 aromatic rings. The van der Waals surface area contributed by atoms with Gasteiger partial charge in [-0.25, -0.2) is 0 Å². The molecule has 0 bridgehead atoms. The third-order valence-electron chi connectivity index (χ3n) is 6.23. The van der Waals surface area contributed by atoms with Crippen molar-refractivity contribution in [2.75, 3.05) is 18.1 Å². The standard InChI is InChI=1S/C30H27N3O3/c1-20-7-11-23(12-8-20)24-15-25(29(34)32-19-22-10-9-21(2)31-18-22)17-26(16-24)30(35)33-13-14-36-28-6-4-3-5-27(28)33/h3-12,15-18H,13-14,19H2,1-2H3,(H,32,34). The Labute approximate surface area is 210 Å². The van der Waals surface area contributed by atoms with Gasteiger partial charge >= 0.3 is 0 Å². The van der Waals surface area contributed by atoms with Crippen LogP contribution in [0, 0.1) is 13.8 Å². The summed E-state index contributed by atoms with van der Waals surface area (Å²) in [6.45, 7) is 5.15. The minimum absolute atomic E-state index is 0.170. The Morgan fingerprint density at radius 2 is 1.69 bits per heavy atom. The molecule has 180 valence electrons. The highest BCUT2D eigenvalue weighted by Crippen LogP contribution is 2.33. The molecule has 6 nitrogen and oxygen atoms in total. The van der Waals surface area contributed by atoms with E-state index in [1.165, 1.54) is 0 Å². The second-order valence-electron chi connectivity index (χ2n) is 8.93. The second kappa shape index (κ2) is 10.0. The van der Waals surface area contributed by atoms with Gasteiger partial charge < -0.3 is 15.0 Å². The molecule has 2 heterocycles.